The molecule has 112 valence electrons. The second-order valence-electron chi connectivity index (χ2n) is 5.64. The quantitative estimate of drug-likeness (QED) is 0.896. The van der Waals surface area contributed by atoms with E-state index in [0.29, 0.717) is 5.92 Å². The van der Waals surface area contributed by atoms with Crippen molar-refractivity contribution in [3.63, 3.8) is 0 Å². The van der Waals surface area contributed by atoms with Gasteiger partial charge < -0.3 is 10.5 Å². The minimum absolute atomic E-state index is 0.0926. The highest BCUT2D eigenvalue weighted by Crippen LogP contribution is 2.36. The summed E-state index contributed by atoms with van der Waals surface area (Å²) in [5, 5.41) is 4.22. The number of rotatable bonds is 4. The number of nitrogens with two attached hydrogens (primary N) is 1. The number of hydrogen-bond donors (Lipinski definition) is 1. The summed E-state index contributed by atoms with van der Waals surface area (Å²) in [5.41, 5.74) is 9.85. The van der Waals surface area contributed by atoms with Crippen LogP contribution in [0.25, 0.3) is 0 Å². The molecule has 0 spiro atoms. The van der Waals surface area contributed by atoms with Crippen LogP contribution in [-0.2, 0) is 12.8 Å². The fraction of sp³-hybridized carbons (Fsp3) is 0.467. The summed E-state index contributed by atoms with van der Waals surface area (Å²) < 4.78 is 10.9. The average Bonchev–Trinajstić information content (AvgIpc) is 3.06. The third kappa shape index (κ3) is 2.98. The van der Waals surface area contributed by atoms with Gasteiger partial charge in [-0.05, 0) is 47.1 Å². The molecule has 0 saturated carbocycles. The second kappa shape index (κ2) is 6.02. The zero-order valence-electron chi connectivity index (χ0n) is 12.1. The van der Waals surface area contributed by atoms with Crippen molar-refractivity contribution in [3.05, 3.63) is 38.3 Å². The summed E-state index contributed by atoms with van der Waals surface area (Å²) in [6.07, 6.45) is 1.71. The van der Waals surface area contributed by atoms with Crippen LogP contribution in [0.3, 0.4) is 0 Å². The molecule has 0 aliphatic carbocycles. The van der Waals surface area contributed by atoms with Crippen molar-refractivity contribution in [2.75, 3.05) is 6.61 Å². The van der Waals surface area contributed by atoms with Crippen molar-refractivity contribution < 1.29 is 4.74 Å². The molecule has 0 radical (unpaired) electrons. The van der Waals surface area contributed by atoms with Crippen molar-refractivity contribution in [3.8, 4) is 5.75 Å². The van der Waals surface area contributed by atoms with E-state index in [2.05, 4.69) is 51.5 Å². The van der Waals surface area contributed by atoms with Gasteiger partial charge in [0.1, 0.15) is 5.75 Å². The minimum atomic E-state index is -0.0926. The molecule has 0 bridgehead atoms. The summed E-state index contributed by atoms with van der Waals surface area (Å²) in [6.45, 7) is 4.99. The van der Waals surface area contributed by atoms with Gasteiger partial charge in [-0.15, -0.1) is 5.10 Å². The van der Waals surface area contributed by atoms with Crippen LogP contribution < -0.4 is 10.5 Å². The van der Waals surface area contributed by atoms with Crippen LogP contribution in [0, 0.1) is 0 Å². The molecule has 0 saturated heterocycles. The van der Waals surface area contributed by atoms with Crippen LogP contribution >= 0.6 is 27.5 Å². The molecule has 1 aliphatic heterocycles. The Morgan fingerprint density at radius 2 is 2.24 bits per heavy atom. The summed E-state index contributed by atoms with van der Waals surface area (Å²) in [7, 11) is 0. The zero-order valence-corrected chi connectivity index (χ0v) is 14.5. The Hall–Kier alpha value is -0.980. The average molecular weight is 368 g/mol. The highest BCUT2D eigenvalue weighted by Gasteiger charge is 2.23. The first-order chi connectivity index (χ1) is 10.1. The van der Waals surface area contributed by atoms with Crippen LogP contribution in [0.5, 0.6) is 5.75 Å². The monoisotopic (exact) mass is 367 g/mol. The Morgan fingerprint density at radius 3 is 3.00 bits per heavy atom. The van der Waals surface area contributed by atoms with E-state index in [1.54, 1.807) is 0 Å². The number of aromatic nitrogens is 2. The van der Waals surface area contributed by atoms with Gasteiger partial charge >= 0.3 is 0 Å². The highest BCUT2D eigenvalue weighted by molar-refractivity contribution is 9.10. The van der Waals surface area contributed by atoms with E-state index >= 15 is 0 Å². The molecule has 1 aromatic heterocycles. The van der Waals surface area contributed by atoms with Gasteiger partial charge in [0.05, 0.1) is 17.2 Å². The standard InChI is InChI=1S/C15H18BrN3OS/c1-8(2)13-15(21-19-18-13)12(17)7-10-6-11(16)5-9-3-4-20-14(9)10/h5-6,8,12H,3-4,7,17H2,1-2H3. The number of halogens is 1. The number of benzene rings is 1. The second-order valence-corrected chi connectivity index (χ2v) is 7.34. The molecular weight excluding hydrogens is 350 g/mol. The van der Waals surface area contributed by atoms with Gasteiger partial charge in [-0.3, -0.25) is 0 Å². The maximum Gasteiger partial charge on any atom is 0.125 e. The van der Waals surface area contributed by atoms with Crippen molar-refractivity contribution in [1.82, 2.24) is 9.59 Å². The van der Waals surface area contributed by atoms with E-state index in [1.165, 1.54) is 17.1 Å². The first kappa shape index (κ1) is 14.9. The molecule has 3 rings (SSSR count). The Labute approximate surface area is 137 Å². The molecule has 0 amide bonds. The summed E-state index contributed by atoms with van der Waals surface area (Å²) >= 11 is 4.98. The van der Waals surface area contributed by atoms with Crippen molar-refractivity contribution in [2.24, 2.45) is 5.73 Å². The lowest BCUT2D eigenvalue weighted by atomic mass is 9.98. The largest absolute Gasteiger partial charge is 0.493 e. The van der Waals surface area contributed by atoms with E-state index in [4.69, 9.17) is 10.5 Å². The van der Waals surface area contributed by atoms with Crippen molar-refractivity contribution >= 4 is 27.5 Å². The SMILES string of the molecule is CC(C)c1nnsc1C(N)Cc1cc(Br)cc2c1OCC2. The van der Waals surface area contributed by atoms with E-state index in [9.17, 15) is 0 Å². The summed E-state index contributed by atoms with van der Waals surface area (Å²) in [6, 6.07) is 4.14. The lowest BCUT2D eigenvalue weighted by molar-refractivity contribution is 0.352. The van der Waals surface area contributed by atoms with Gasteiger partial charge in [-0.2, -0.15) is 0 Å². The van der Waals surface area contributed by atoms with Gasteiger partial charge in [0.15, 0.2) is 0 Å². The van der Waals surface area contributed by atoms with Gasteiger partial charge in [-0.25, -0.2) is 0 Å². The molecule has 2 aromatic rings. The van der Waals surface area contributed by atoms with Crippen LogP contribution in [0.2, 0.25) is 0 Å². The van der Waals surface area contributed by atoms with Crippen LogP contribution in [0.1, 0.15) is 47.5 Å². The summed E-state index contributed by atoms with van der Waals surface area (Å²) in [4.78, 5) is 1.08. The van der Waals surface area contributed by atoms with Gasteiger partial charge in [0, 0.05) is 16.9 Å². The van der Waals surface area contributed by atoms with Crippen molar-refractivity contribution in [1.29, 1.82) is 0 Å². The number of hydrogen-bond acceptors (Lipinski definition) is 5. The molecule has 6 heteroatoms. The maximum atomic E-state index is 6.41. The zero-order chi connectivity index (χ0) is 15.0. The molecule has 1 atom stereocenters. The Bertz CT molecular complexity index is 656. The Morgan fingerprint density at radius 1 is 1.43 bits per heavy atom. The van der Waals surface area contributed by atoms with Crippen LogP contribution in [-0.4, -0.2) is 16.2 Å². The molecule has 21 heavy (non-hydrogen) atoms. The van der Waals surface area contributed by atoms with E-state index in [0.717, 1.165) is 45.8 Å². The molecule has 4 nitrogen and oxygen atoms in total. The molecule has 1 unspecified atom stereocenters. The molecule has 2 N–H and O–H groups in total. The van der Waals surface area contributed by atoms with E-state index in [1.807, 2.05) is 0 Å². The highest BCUT2D eigenvalue weighted by atomic mass is 79.9. The smallest absolute Gasteiger partial charge is 0.125 e. The first-order valence-corrected chi connectivity index (χ1v) is 8.64. The molecule has 1 aromatic carbocycles. The topological polar surface area (TPSA) is 61.0 Å². The van der Waals surface area contributed by atoms with E-state index in [-0.39, 0.29) is 6.04 Å². The predicted molar refractivity (Wildman–Crippen MR) is 88.0 cm³/mol. The van der Waals surface area contributed by atoms with E-state index < -0.39 is 0 Å². The number of fused-ring (bicyclic) bond motifs is 1. The predicted octanol–water partition coefficient (Wildman–Crippen LogP) is 3.60. The third-order valence-corrected chi connectivity index (χ3v) is 5.02. The Balaban J connectivity index is 1.88. The van der Waals surface area contributed by atoms with Crippen molar-refractivity contribution in [2.45, 2.75) is 38.6 Å². The lowest BCUT2D eigenvalue weighted by Gasteiger charge is -2.15. The fourth-order valence-corrected chi connectivity index (χ4v) is 4.05. The molecule has 0 fully saturated rings. The normalized spacial score (nSPS) is 15.1. The lowest BCUT2D eigenvalue weighted by Crippen LogP contribution is -2.15. The first-order valence-electron chi connectivity index (χ1n) is 7.08. The number of nitrogens with zero attached hydrogens (tertiary/aromatic N) is 2. The van der Waals surface area contributed by atoms with Gasteiger partial charge in [-0.1, -0.05) is 34.3 Å². The van der Waals surface area contributed by atoms with Gasteiger partial charge in [0.25, 0.3) is 0 Å². The maximum absolute atomic E-state index is 6.41. The number of ether oxygens (including phenoxy) is 1. The third-order valence-electron chi connectivity index (χ3n) is 3.69. The minimum Gasteiger partial charge on any atom is -0.493 e. The van der Waals surface area contributed by atoms with Gasteiger partial charge in [0.2, 0.25) is 0 Å². The molecule has 2 heterocycles. The van der Waals surface area contributed by atoms with Crippen LogP contribution in [0.15, 0.2) is 16.6 Å². The van der Waals surface area contributed by atoms with Crippen LogP contribution in [0.4, 0.5) is 0 Å². The fourth-order valence-electron chi connectivity index (χ4n) is 2.69. The Kier molecular flexibility index (Phi) is 4.28. The molecular formula is C15H18BrN3OS. The molecule has 1 aliphatic rings. The summed E-state index contributed by atoms with van der Waals surface area (Å²) in [5.74, 6) is 1.35.